The molecule has 3 aliphatic rings. The lowest BCUT2D eigenvalue weighted by Gasteiger charge is -2.62. The van der Waals surface area contributed by atoms with E-state index in [1.165, 1.54) is 6.20 Å². The first-order valence-electron chi connectivity index (χ1n) is 12.6. The number of nitrogens with zero attached hydrogens (tertiary/aromatic N) is 6. The summed E-state index contributed by atoms with van der Waals surface area (Å²) >= 11 is 0. The van der Waals surface area contributed by atoms with E-state index in [9.17, 15) is 23.1 Å². The molecule has 1 amide bonds. The van der Waals surface area contributed by atoms with Crippen LogP contribution in [0.1, 0.15) is 47.3 Å². The number of hydrogen-bond acceptors (Lipinski definition) is 8. The summed E-state index contributed by atoms with van der Waals surface area (Å²) in [5.74, 6) is -0.257. The van der Waals surface area contributed by atoms with E-state index in [4.69, 9.17) is 4.52 Å². The number of anilines is 2. The quantitative estimate of drug-likeness (QED) is 0.380. The molecule has 4 aromatic rings. The minimum Gasteiger partial charge on any atom is -0.384 e. The number of carbonyl (C=O) groups is 1. The van der Waals surface area contributed by atoms with Gasteiger partial charge in [-0.15, -0.1) is 0 Å². The van der Waals surface area contributed by atoms with Gasteiger partial charge in [-0.05, 0) is 44.4 Å². The van der Waals surface area contributed by atoms with Gasteiger partial charge in [0, 0.05) is 36.5 Å². The number of halogens is 3. The predicted octanol–water partition coefficient (Wildman–Crippen LogP) is 3.76. The van der Waals surface area contributed by atoms with Crippen LogP contribution in [0.3, 0.4) is 0 Å². The molecule has 1 aliphatic heterocycles. The second kappa shape index (κ2) is 8.25. The van der Waals surface area contributed by atoms with Crippen LogP contribution in [0.4, 0.5) is 24.5 Å². The Hall–Kier alpha value is -4.00. The lowest BCUT2D eigenvalue weighted by molar-refractivity contribution is -0.209. The van der Waals surface area contributed by atoms with Crippen LogP contribution in [-0.2, 0) is 0 Å². The maximum atomic E-state index is 13.3. The molecular weight excluding hydrogens is 515 g/mol. The maximum absolute atomic E-state index is 13.3. The summed E-state index contributed by atoms with van der Waals surface area (Å²) in [6.45, 7) is 2.87. The van der Waals surface area contributed by atoms with Crippen molar-refractivity contribution >= 4 is 22.9 Å². The Morgan fingerprint density at radius 2 is 2.00 bits per heavy atom. The Labute approximate surface area is 219 Å². The molecule has 39 heavy (non-hydrogen) atoms. The number of nitrogens with one attached hydrogen (secondary N) is 1. The summed E-state index contributed by atoms with van der Waals surface area (Å²) in [5.41, 5.74) is 1.07. The minimum atomic E-state index is -2.74. The third-order valence-corrected chi connectivity index (χ3v) is 7.97. The van der Waals surface area contributed by atoms with E-state index in [2.05, 4.69) is 25.4 Å². The zero-order valence-corrected chi connectivity index (χ0v) is 20.8. The number of imidazole rings is 1. The largest absolute Gasteiger partial charge is 0.384 e. The smallest absolute Gasteiger partial charge is 0.274 e. The fraction of sp³-hybridized carbons (Fsp3) is 0.423. The van der Waals surface area contributed by atoms with E-state index in [0.29, 0.717) is 47.8 Å². The lowest BCUT2D eigenvalue weighted by atomic mass is 9.55. The third kappa shape index (κ3) is 3.94. The molecule has 4 aromatic heterocycles. The Morgan fingerprint density at radius 3 is 2.72 bits per heavy atom. The first-order chi connectivity index (χ1) is 18.6. The van der Waals surface area contributed by atoms with Crippen molar-refractivity contribution in [3.8, 4) is 11.4 Å². The Balaban J connectivity index is 1.08. The summed E-state index contributed by atoms with van der Waals surface area (Å²) < 4.78 is 46.3. The minimum absolute atomic E-state index is 0.0870. The van der Waals surface area contributed by atoms with Crippen molar-refractivity contribution < 1.29 is 27.6 Å². The van der Waals surface area contributed by atoms with E-state index < -0.39 is 24.1 Å². The van der Waals surface area contributed by atoms with Gasteiger partial charge >= 0.3 is 0 Å². The van der Waals surface area contributed by atoms with E-state index in [1.54, 1.807) is 35.9 Å². The summed E-state index contributed by atoms with van der Waals surface area (Å²) in [4.78, 5) is 28.3. The average molecular weight is 540 g/mol. The summed E-state index contributed by atoms with van der Waals surface area (Å²) in [6, 6.07) is 5.34. The van der Waals surface area contributed by atoms with Crippen molar-refractivity contribution in [3.05, 3.63) is 54.1 Å². The van der Waals surface area contributed by atoms with Crippen LogP contribution in [0.5, 0.6) is 0 Å². The highest BCUT2D eigenvalue weighted by Gasteiger charge is 2.63. The van der Waals surface area contributed by atoms with Crippen LogP contribution in [0, 0.1) is 12.3 Å². The zero-order chi connectivity index (χ0) is 27.1. The second-order valence-corrected chi connectivity index (χ2v) is 11.0. The number of aliphatic hydroxyl groups is 1. The maximum Gasteiger partial charge on any atom is 0.274 e. The standard InChI is InChI=1S/C26H24F3N7O3/c1-13-18(4-14(6-30-13)21-33-23(39-34-21)16-5-17(16)27)32-22(37)19-7-31-20-3-2-15(8-36(19)20)35-11-25(12-35)9-26(38,10-25)24(28)29/h2-4,6-8,16-17,24,38H,5,9-12H2,1H3,(H,32,37)/t16-,17-/m0/s1. The first-order valence-corrected chi connectivity index (χ1v) is 12.6. The molecule has 0 aromatic carbocycles. The summed E-state index contributed by atoms with van der Waals surface area (Å²) in [7, 11) is 0. The molecule has 2 saturated carbocycles. The van der Waals surface area contributed by atoms with Gasteiger partial charge < -0.3 is 19.8 Å². The Morgan fingerprint density at radius 1 is 1.23 bits per heavy atom. The second-order valence-electron chi connectivity index (χ2n) is 11.0. The number of amides is 1. The van der Waals surface area contributed by atoms with E-state index >= 15 is 0 Å². The molecule has 1 saturated heterocycles. The number of rotatable bonds is 6. The first kappa shape index (κ1) is 24.1. The highest BCUT2D eigenvalue weighted by molar-refractivity contribution is 6.04. The van der Waals surface area contributed by atoms with Crippen LogP contribution in [0.2, 0.25) is 0 Å². The van der Waals surface area contributed by atoms with Gasteiger partial charge in [0.2, 0.25) is 11.7 Å². The van der Waals surface area contributed by atoms with Crippen molar-refractivity contribution in [2.24, 2.45) is 5.41 Å². The van der Waals surface area contributed by atoms with Crippen LogP contribution >= 0.6 is 0 Å². The number of pyridine rings is 2. The van der Waals surface area contributed by atoms with E-state index in [-0.39, 0.29) is 35.9 Å². The van der Waals surface area contributed by atoms with Gasteiger partial charge in [0.05, 0.1) is 29.2 Å². The average Bonchev–Trinajstić information content (AvgIpc) is 3.25. The fourth-order valence-electron chi connectivity index (χ4n) is 5.79. The van der Waals surface area contributed by atoms with Crippen molar-refractivity contribution in [2.45, 2.75) is 50.3 Å². The number of fused-ring (bicyclic) bond motifs is 1. The molecule has 202 valence electrons. The van der Waals surface area contributed by atoms with Crippen LogP contribution in [0.25, 0.3) is 17.0 Å². The van der Waals surface area contributed by atoms with Gasteiger partial charge in [-0.1, -0.05) is 5.16 Å². The molecule has 10 nitrogen and oxygen atoms in total. The number of alkyl halides is 3. The normalized spacial score (nSPS) is 22.7. The van der Waals surface area contributed by atoms with Gasteiger partial charge in [0.15, 0.2) is 0 Å². The molecule has 3 fully saturated rings. The van der Waals surface area contributed by atoms with Gasteiger partial charge in [-0.25, -0.2) is 18.2 Å². The van der Waals surface area contributed by atoms with Crippen LogP contribution in [0.15, 0.2) is 41.3 Å². The number of hydrogen-bond donors (Lipinski definition) is 2. The predicted molar refractivity (Wildman–Crippen MR) is 132 cm³/mol. The molecule has 7 rings (SSSR count). The summed E-state index contributed by atoms with van der Waals surface area (Å²) in [5, 5.41) is 16.8. The number of aryl methyl sites for hydroxylation is 1. The number of carbonyl (C=O) groups excluding carboxylic acids is 1. The fourth-order valence-corrected chi connectivity index (χ4v) is 5.79. The van der Waals surface area contributed by atoms with Gasteiger partial charge in [-0.3, -0.25) is 14.2 Å². The van der Waals surface area contributed by atoms with E-state index in [1.807, 2.05) is 11.0 Å². The molecule has 0 bridgehead atoms. The monoisotopic (exact) mass is 539 g/mol. The molecule has 2 aliphatic carbocycles. The highest BCUT2D eigenvalue weighted by Crippen LogP contribution is 2.56. The lowest BCUT2D eigenvalue weighted by Crippen LogP contribution is -2.70. The molecule has 2 N–H and O–H groups in total. The molecule has 5 heterocycles. The highest BCUT2D eigenvalue weighted by atomic mass is 19.3. The Kier molecular flexibility index (Phi) is 5.09. The van der Waals surface area contributed by atoms with Gasteiger partial charge in [-0.2, -0.15) is 4.98 Å². The summed E-state index contributed by atoms with van der Waals surface area (Å²) in [6.07, 6.45) is 1.68. The topological polar surface area (TPSA) is 122 Å². The van der Waals surface area contributed by atoms with Gasteiger partial charge in [0.25, 0.3) is 12.3 Å². The molecule has 2 atom stereocenters. The SMILES string of the molecule is Cc1ncc(-c2noc([C@H]3C[C@@H]3F)n2)cc1NC(=O)c1cnc2ccc(N3CC4(C3)CC(O)(C(F)F)C4)cn12. The van der Waals surface area contributed by atoms with Crippen molar-refractivity contribution in [2.75, 3.05) is 23.3 Å². The molecule has 1 spiro atoms. The third-order valence-electron chi connectivity index (χ3n) is 7.97. The van der Waals surface area contributed by atoms with Crippen molar-refractivity contribution in [1.29, 1.82) is 0 Å². The molecular formula is C26H24F3N7O3. The van der Waals surface area contributed by atoms with Crippen molar-refractivity contribution in [1.82, 2.24) is 24.5 Å². The van der Waals surface area contributed by atoms with Crippen molar-refractivity contribution in [3.63, 3.8) is 0 Å². The van der Waals surface area contributed by atoms with Crippen LogP contribution < -0.4 is 10.2 Å². The zero-order valence-electron chi connectivity index (χ0n) is 20.8. The molecule has 0 unspecified atom stereocenters. The van der Waals surface area contributed by atoms with Crippen LogP contribution in [-0.4, -0.2) is 66.8 Å². The Bertz CT molecular complexity index is 1610. The number of aromatic nitrogens is 5. The van der Waals surface area contributed by atoms with E-state index in [0.717, 1.165) is 5.69 Å². The van der Waals surface area contributed by atoms with Gasteiger partial charge in [0.1, 0.15) is 23.1 Å². The molecule has 0 radical (unpaired) electrons. The molecule has 13 heteroatoms.